The molecule has 7 heteroatoms. The van der Waals surface area contributed by atoms with E-state index in [4.69, 9.17) is 5.73 Å². The van der Waals surface area contributed by atoms with Crippen LogP contribution in [0, 0.1) is 0 Å². The summed E-state index contributed by atoms with van der Waals surface area (Å²) in [7, 11) is 0. The van der Waals surface area contributed by atoms with Crippen LogP contribution in [0.5, 0.6) is 0 Å². The third-order valence-electron chi connectivity index (χ3n) is 3.57. The smallest absolute Gasteiger partial charge is 0.366 e. The van der Waals surface area contributed by atoms with Crippen molar-refractivity contribution in [2.75, 3.05) is 0 Å². The molecule has 1 aromatic carbocycles. The number of hydrogen-bond donors (Lipinski definition) is 2. The number of primary amides is 1. The largest absolute Gasteiger partial charge is 0.416 e. The van der Waals surface area contributed by atoms with Gasteiger partial charge in [-0.25, -0.2) is 4.98 Å². The Morgan fingerprint density at radius 3 is 2.50 bits per heavy atom. The molecule has 1 amide bonds. The van der Waals surface area contributed by atoms with E-state index < -0.39 is 17.6 Å². The van der Waals surface area contributed by atoms with Crippen LogP contribution in [0.25, 0.3) is 22.7 Å². The molecular weight excluding hydrogens is 319 g/mol. The van der Waals surface area contributed by atoms with Gasteiger partial charge in [-0.1, -0.05) is 12.1 Å². The highest BCUT2D eigenvalue weighted by Crippen LogP contribution is 2.30. The van der Waals surface area contributed by atoms with Crippen molar-refractivity contribution in [1.29, 1.82) is 0 Å². The Labute approximate surface area is 134 Å². The van der Waals surface area contributed by atoms with Crippen molar-refractivity contribution >= 4 is 28.6 Å². The van der Waals surface area contributed by atoms with E-state index in [1.54, 1.807) is 18.5 Å². The number of pyridine rings is 1. The van der Waals surface area contributed by atoms with Gasteiger partial charge in [0.1, 0.15) is 5.65 Å². The summed E-state index contributed by atoms with van der Waals surface area (Å²) >= 11 is 0. The highest BCUT2D eigenvalue weighted by Gasteiger charge is 2.30. The Hall–Kier alpha value is -3.09. The molecule has 0 bridgehead atoms. The molecule has 0 aliphatic rings. The summed E-state index contributed by atoms with van der Waals surface area (Å²) in [5.74, 6) is -0.729. The second-order valence-electron chi connectivity index (χ2n) is 5.14. The lowest BCUT2D eigenvalue weighted by atomic mass is 10.0. The molecule has 4 nitrogen and oxygen atoms in total. The molecule has 3 N–H and O–H groups in total. The quantitative estimate of drug-likeness (QED) is 0.720. The number of amides is 1. The lowest BCUT2D eigenvalue weighted by Gasteiger charge is -2.08. The van der Waals surface area contributed by atoms with E-state index in [0.29, 0.717) is 16.8 Å². The van der Waals surface area contributed by atoms with Gasteiger partial charge in [0.15, 0.2) is 0 Å². The van der Waals surface area contributed by atoms with E-state index in [9.17, 15) is 18.0 Å². The fourth-order valence-corrected chi connectivity index (χ4v) is 2.39. The molecule has 0 unspecified atom stereocenters. The number of nitrogens with two attached hydrogens (primary N) is 1. The molecule has 3 rings (SSSR count). The number of halogens is 3. The normalized spacial score (nSPS) is 12.5. The van der Waals surface area contributed by atoms with Crippen LogP contribution in [0.1, 0.15) is 16.7 Å². The predicted octanol–water partition coefficient (Wildman–Crippen LogP) is 3.61. The van der Waals surface area contributed by atoms with Crippen molar-refractivity contribution in [1.82, 2.24) is 9.97 Å². The fourth-order valence-electron chi connectivity index (χ4n) is 2.39. The average Bonchev–Trinajstić information content (AvgIpc) is 2.95. The van der Waals surface area contributed by atoms with Crippen LogP contribution in [0.3, 0.4) is 0 Å². The number of H-pyrrole nitrogens is 1. The highest BCUT2D eigenvalue weighted by atomic mass is 19.4. The first-order valence-electron chi connectivity index (χ1n) is 6.97. The summed E-state index contributed by atoms with van der Waals surface area (Å²) in [4.78, 5) is 18.8. The van der Waals surface area contributed by atoms with Crippen molar-refractivity contribution in [3.8, 4) is 0 Å². The van der Waals surface area contributed by atoms with Crippen molar-refractivity contribution in [2.45, 2.75) is 6.18 Å². The summed E-state index contributed by atoms with van der Waals surface area (Å²) < 4.78 is 37.9. The summed E-state index contributed by atoms with van der Waals surface area (Å²) in [6.07, 6.45) is 0.380. The van der Waals surface area contributed by atoms with Crippen molar-refractivity contribution in [3.63, 3.8) is 0 Å². The number of aromatic nitrogens is 2. The summed E-state index contributed by atoms with van der Waals surface area (Å²) in [5.41, 5.74) is 6.36. The molecule has 3 aromatic rings. The predicted molar refractivity (Wildman–Crippen MR) is 84.6 cm³/mol. The van der Waals surface area contributed by atoms with Crippen molar-refractivity contribution in [2.24, 2.45) is 5.73 Å². The minimum absolute atomic E-state index is 0.119. The minimum Gasteiger partial charge on any atom is -0.366 e. The lowest BCUT2D eigenvalue weighted by molar-refractivity contribution is -0.137. The van der Waals surface area contributed by atoms with Crippen LogP contribution in [-0.4, -0.2) is 15.9 Å². The first-order chi connectivity index (χ1) is 11.4. The molecule has 24 heavy (non-hydrogen) atoms. The topological polar surface area (TPSA) is 71.8 Å². The number of nitrogens with one attached hydrogen (secondary N) is 1. The number of carbonyl (C=O) groups excluding carboxylic acids is 1. The van der Waals surface area contributed by atoms with Gasteiger partial charge in [-0.05, 0) is 35.9 Å². The Bertz CT molecular complexity index is 924. The second-order valence-corrected chi connectivity index (χ2v) is 5.14. The van der Waals surface area contributed by atoms with Crippen molar-refractivity contribution in [3.05, 3.63) is 65.5 Å². The van der Waals surface area contributed by atoms with Crippen LogP contribution >= 0.6 is 0 Å². The van der Waals surface area contributed by atoms with Crippen LogP contribution < -0.4 is 5.73 Å². The number of alkyl halides is 3. The molecule has 0 saturated carbocycles. The number of rotatable bonds is 3. The van der Waals surface area contributed by atoms with Gasteiger partial charge in [0.2, 0.25) is 5.91 Å². The standard InChI is InChI=1S/C17H12F3N3O/c18-17(19,20)12-5-3-10(4-6-12)14(15(21)24)8-11-9-23-16-13(11)2-1-7-22-16/h1-9H,(H2,21,24)(H,22,23). The van der Waals surface area contributed by atoms with Gasteiger partial charge in [0, 0.05) is 28.9 Å². The zero-order valence-corrected chi connectivity index (χ0v) is 12.3. The lowest BCUT2D eigenvalue weighted by Crippen LogP contribution is -2.13. The van der Waals surface area contributed by atoms with Gasteiger partial charge in [-0.2, -0.15) is 13.2 Å². The third kappa shape index (κ3) is 3.01. The van der Waals surface area contributed by atoms with Gasteiger partial charge in [-0.3, -0.25) is 4.79 Å². The molecule has 2 aromatic heterocycles. The molecule has 0 aliphatic heterocycles. The number of carbonyl (C=O) groups is 1. The SMILES string of the molecule is NC(=O)C(=Cc1c[nH]c2ncccc12)c1ccc(C(F)(F)F)cc1. The number of benzene rings is 1. The van der Waals surface area contributed by atoms with Crippen LogP contribution in [0.2, 0.25) is 0 Å². The number of aromatic amines is 1. The van der Waals surface area contributed by atoms with Crippen LogP contribution in [-0.2, 0) is 11.0 Å². The Morgan fingerprint density at radius 2 is 1.88 bits per heavy atom. The van der Waals surface area contributed by atoms with Crippen molar-refractivity contribution < 1.29 is 18.0 Å². The minimum atomic E-state index is -4.43. The number of hydrogen-bond acceptors (Lipinski definition) is 2. The summed E-state index contributed by atoms with van der Waals surface area (Å²) in [5, 5.41) is 0.781. The van der Waals surface area contributed by atoms with Gasteiger partial charge < -0.3 is 10.7 Å². The van der Waals surface area contributed by atoms with Crippen LogP contribution in [0.15, 0.2) is 48.8 Å². The zero-order chi connectivity index (χ0) is 17.3. The third-order valence-corrected chi connectivity index (χ3v) is 3.57. The van der Waals surface area contributed by atoms with E-state index in [1.807, 2.05) is 6.07 Å². The molecular formula is C17H12F3N3O. The maximum absolute atomic E-state index is 12.6. The second kappa shape index (κ2) is 5.84. The number of fused-ring (bicyclic) bond motifs is 1. The first kappa shape index (κ1) is 15.8. The maximum atomic E-state index is 12.6. The van der Waals surface area contributed by atoms with E-state index in [-0.39, 0.29) is 5.57 Å². The molecule has 0 fully saturated rings. The zero-order valence-electron chi connectivity index (χ0n) is 12.3. The Kier molecular flexibility index (Phi) is 3.84. The molecule has 0 saturated heterocycles. The molecule has 0 atom stereocenters. The highest BCUT2D eigenvalue weighted by molar-refractivity contribution is 6.24. The van der Waals surface area contributed by atoms with E-state index >= 15 is 0 Å². The van der Waals surface area contributed by atoms with Crippen LogP contribution in [0.4, 0.5) is 13.2 Å². The van der Waals surface area contributed by atoms with Gasteiger partial charge in [0.25, 0.3) is 0 Å². The van der Waals surface area contributed by atoms with Gasteiger partial charge in [-0.15, -0.1) is 0 Å². The average molecular weight is 331 g/mol. The molecule has 0 aliphatic carbocycles. The maximum Gasteiger partial charge on any atom is 0.416 e. The first-order valence-corrected chi connectivity index (χ1v) is 6.97. The molecule has 0 radical (unpaired) electrons. The van der Waals surface area contributed by atoms with E-state index in [2.05, 4.69) is 9.97 Å². The number of nitrogens with zero attached hydrogens (tertiary/aromatic N) is 1. The molecule has 2 heterocycles. The summed E-state index contributed by atoms with van der Waals surface area (Å²) in [6.45, 7) is 0. The van der Waals surface area contributed by atoms with Gasteiger partial charge in [0.05, 0.1) is 5.56 Å². The molecule has 122 valence electrons. The Balaban J connectivity index is 2.06. The summed E-state index contributed by atoms with van der Waals surface area (Å²) in [6, 6.07) is 7.86. The monoisotopic (exact) mass is 331 g/mol. The Morgan fingerprint density at radius 1 is 1.17 bits per heavy atom. The fraction of sp³-hybridized carbons (Fsp3) is 0.0588. The van der Waals surface area contributed by atoms with E-state index in [0.717, 1.165) is 17.5 Å². The van der Waals surface area contributed by atoms with E-state index in [1.165, 1.54) is 18.2 Å². The van der Waals surface area contributed by atoms with Gasteiger partial charge >= 0.3 is 6.18 Å². The molecule has 0 spiro atoms.